The van der Waals surface area contributed by atoms with Crippen molar-refractivity contribution in [3.8, 4) is 11.5 Å². The summed E-state index contributed by atoms with van der Waals surface area (Å²) in [6.45, 7) is 3.99. The van der Waals surface area contributed by atoms with Crippen LogP contribution in [-0.2, 0) is 22.7 Å². The Morgan fingerprint density at radius 3 is 2.23 bits per heavy atom. The van der Waals surface area contributed by atoms with Crippen LogP contribution in [0.3, 0.4) is 0 Å². The molecule has 0 bridgehead atoms. The summed E-state index contributed by atoms with van der Waals surface area (Å²) in [5.74, 6) is 0.650. The highest BCUT2D eigenvalue weighted by molar-refractivity contribution is 5.90. The zero-order valence-electron chi connectivity index (χ0n) is 17.8. The zero-order valence-corrected chi connectivity index (χ0v) is 17.8. The Balaban J connectivity index is 1.63. The number of aryl methyl sites for hydroxylation is 2. The Kier molecular flexibility index (Phi) is 6.92. The quantitative estimate of drug-likeness (QED) is 0.499. The number of esters is 2. The Bertz CT molecular complexity index is 1050. The molecule has 0 aliphatic carbocycles. The number of carbonyl (C=O) groups excluding carboxylic acids is 2. The predicted molar refractivity (Wildman–Crippen MR) is 110 cm³/mol. The number of benzene rings is 2. The van der Waals surface area contributed by atoms with Gasteiger partial charge in [-0.3, -0.25) is 0 Å². The van der Waals surface area contributed by atoms with E-state index in [1.807, 2.05) is 13.8 Å². The highest BCUT2D eigenvalue weighted by Crippen LogP contribution is 2.30. The molecule has 162 valence electrons. The number of hydrogen-bond donors (Lipinski definition) is 0. The van der Waals surface area contributed by atoms with Gasteiger partial charge in [0.25, 0.3) is 0 Å². The van der Waals surface area contributed by atoms with Gasteiger partial charge in [0.15, 0.2) is 11.5 Å². The van der Waals surface area contributed by atoms with Crippen molar-refractivity contribution in [3.05, 3.63) is 76.2 Å². The van der Waals surface area contributed by atoms with Crippen molar-refractivity contribution >= 4 is 11.9 Å². The number of ether oxygens (including phenoxy) is 4. The number of carbonyl (C=O) groups is 2. The fraction of sp³-hybridized carbons (Fsp3) is 0.261. The van der Waals surface area contributed by atoms with Gasteiger partial charge in [-0.2, -0.15) is 0 Å². The van der Waals surface area contributed by atoms with Crippen molar-refractivity contribution in [1.29, 1.82) is 0 Å². The van der Waals surface area contributed by atoms with Crippen molar-refractivity contribution in [1.82, 2.24) is 5.16 Å². The van der Waals surface area contributed by atoms with Gasteiger partial charge in [0.05, 0.1) is 36.6 Å². The molecule has 0 amide bonds. The van der Waals surface area contributed by atoms with E-state index in [1.165, 1.54) is 14.2 Å². The van der Waals surface area contributed by atoms with Crippen LogP contribution in [0.15, 0.2) is 47.0 Å². The number of aromatic nitrogens is 1. The van der Waals surface area contributed by atoms with E-state index >= 15 is 0 Å². The molecule has 0 spiro atoms. The van der Waals surface area contributed by atoms with Crippen molar-refractivity contribution < 1.29 is 33.1 Å². The second-order valence-electron chi connectivity index (χ2n) is 6.72. The van der Waals surface area contributed by atoms with Gasteiger partial charge >= 0.3 is 11.9 Å². The second kappa shape index (κ2) is 9.80. The van der Waals surface area contributed by atoms with E-state index in [0.29, 0.717) is 28.4 Å². The van der Waals surface area contributed by atoms with Crippen molar-refractivity contribution in [3.63, 3.8) is 0 Å². The first kappa shape index (κ1) is 21.9. The fourth-order valence-electron chi connectivity index (χ4n) is 2.86. The van der Waals surface area contributed by atoms with E-state index < -0.39 is 11.9 Å². The standard InChI is InChI=1S/C23H23NO7/c1-14-19(15(2)31-24-14)13-29-20-10-9-18(11-21(20)27-3)23(26)30-12-16-5-7-17(8-6-16)22(25)28-4/h5-11H,12-13H2,1-4H3. The first-order valence-electron chi connectivity index (χ1n) is 9.50. The first-order chi connectivity index (χ1) is 14.9. The summed E-state index contributed by atoms with van der Waals surface area (Å²) in [6.07, 6.45) is 0. The molecule has 3 rings (SSSR count). The van der Waals surface area contributed by atoms with Crippen LogP contribution in [-0.4, -0.2) is 31.3 Å². The molecule has 0 N–H and O–H groups in total. The van der Waals surface area contributed by atoms with Crippen LogP contribution in [0.1, 0.15) is 43.3 Å². The smallest absolute Gasteiger partial charge is 0.338 e. The molecule has 0 saturated carbocycles. The van der Waals surface area contributed by atoms with Crippen molar-refractivity contribution in [2.45, 2.75) is 27.1 Å². The Morgan fingerprint density at radius 1 is 0.903 bits per heavy atom. The van der Waals surface area contributed by atoms with Crippen LogP contribution in [0.5, 0.6) is 11.5 Å². The monoisotopic (exact) mass is 425 g/mol. The average Bonchev–Trinajstić information content (AvgIpc) is 3.12. The van der Waals surface area contributed by atoms with E-state index in [1.54, 1.807) is 42.5 Å². The lowest BCUT2D eigenvalue weighted by Gasteiger charge is -2.12. The van der Waals surface area contributed by atoms with Crippen LogP contribution in [0.4, 0.5) is 0 Å². The normalized spacial score (nSPS) is 10.5. The second-order valence-corrected chi connectivity index (χ2v) is 6.72. The molecular formula is C23H23NO7. The van der Waals surface area contributed by atoms with Gasteiger partial charge in [0, 0.05) is 0 Å². The first-order valence-corrected chi connectivity index (χ1v) is 9.50. The molecule has 0 fully saturated rings. The molecule has 0 aliphatic rings. The minimum absolute atomic E-state index is 0.0624. The highest BCUT2D eigenvalue weighted by Gasteiger charge is 2.15. The maximum atomic E-state index is 12.4. The minimum atomic E-state index is -0.507. The molecule has 2 aromatic carbocycles. The summed E-state index contributed by atoms with van der Waals surface area (Å²) in [5, 5.41) is 3.90. The van der Waals surface area contributed by atoms with Crippen LogP contribution in [0.2, 0.25) is 0 Å². The lowest BCUT2D eigenvalue weighted by atomic mass is 10.1. The van der Waals surface area contributed by atoms with E-state index in [9.17, 15) is 9.59 Å². The number of rotatable bonds is 8. The molecule has 8 heteroatoms. The van der Waals surface area contributed by atoms with Crippen molar-refractivity contribution in [2.24, 2.45) is 0 Å². The highest BCUT2D eigenvalue weighted by atomic mass is 16.5. The van der Waals surface area contributed by atoms with Gasteiger partial charge in [0.1, 0.15) is 19.0 Å². The molecule has 31 heavy (non-hydrogen) atoms. The molecule has 0 atom stereocenters. The Hall–Kier alpha value is -3.81. The molecule has 0 unspecified atom stereocenters. The van der Waals surface area contributed by atoms with E-state index in [2.05, 4.69) is 9.89 Å². The summed E-state index contributed by atoms with van der Waals surface area (Å²) in [5.41, 5.74) is 3.12. The van der Waals surface area contributed by atoms with Gasteiger partial charge < -0.3 is 23.5 Å². The van der Waals surface area contributed by atoms with Gasteiger partial charge in [-0.25, -0.2) is 9.59 Å². The zero-order chi connectivity index (χ0) is 22.4. The summed E-state index contributed by atoms with van der Waals surface area (Å²) in [7, 11) is 2.81. The summed E-state index contributed by atoms with van der Waals surface area (Å²) in [4.78, 5) is 23.9. The molecule has 0 radical (unpaired) electrons. The Labute approximate surface area is 179 Å². The maximum absolute atomic E-state index is 12.4. The number of nitrogens with zero attached hydrogens (tertiary/aromatic N) is 1. The van der Waals surface area contributed by atoms with Gasteiger partial charge in [0.2, 0.25) is 0 Å². The van der Waals surface area contributed by atoms with E-state index in [0.717, 1.165) is 16.8 Å². The van der Waals surface area contributed by atoms with Crippen LogP contribution in [0.25, 0.3) is 0 Å². The molecule has 3 aromatic rings. The lowest BCUT2D eigenvalue weighted by Crippen LogP contribution is -2.07. The molecule has 0 aliphatic heterocycles. The largest absolute Gasteiger partial charge is 0.493 e. The van der Waals surface area contributed by atoms with Crippen LogP contribution in [0, 0.1) is 13.8 Å². The topological polar surface area (TPSA) is 97.1 Å². The average molecular weight is 425 g/mol. The SMILES string of the molecule is COC(=O)c1ccc(COC(=O)c2ccc(OCc3c(C)noc3C)c(OC)c2)cc1. The van der Waals surface area contributed by atoms with Gasteiger partial charge in [-0.05, 0) is 49.7 Å². The van der Waals surface area contributed by atoms with Gasteiger partial charge in [-0.15, -0.1) is 0 Å². The number of methoxy groups -OCH3 is 2. The number of hydrogen-bond acceptors (Lipinski definition) is 8. The summed E-state index contributed by atoms with van der Waals surface area (Å²) >= 11 is 0. The molecule has 0 saturated heterocycles. The minimum Gasteiger partial charge on any atom is -0.493 e. The third-order valence-electron chi connectivity index (χ3n) is 4.70. The Morgan fingerprint density at radius 2 is 1.61 bits per heavy atom. The maximum Gasteiger partial charge on any atom is 0.338 e. The molecular weight excluding hydrogens is 402 g/mol. The predicted octanol–water partition coefficient (Wildman–Crippen LogP) is 4.02. The summed E-state index contributed by atoms with van der Waals surface area (Å²) in [6, 6.07) is 11.4. The van der Waals surface area contributed by atoms with Crippen LogP contribution >= 0.6 is 0 Å². The van der Waals surface area contributed by atoms with E-state index in [-0.39, 0.29) is 13.2 Å². The lowest BCUT2D eigenvalue weighted by molar-refractivity contribution is 0.0471. The molecule has 8 nitrogen and oxygen atoms in total. The molecule has 1 aromatic heterocycles. The summed E-state index contributed by atoms with van der Waals surface area (Å²) < 4.78 is 26.3. The van der Waals surface area contributed by atoms with Crippen LogP contribution < -0.4 is 9.47 Å². The van der Waals surface area contributed by atoms with Crippen molar-refractivity contribution in [2.75, 3.05) is 14.2 Å². The van der Waals surface area contributed by atoms with Gasteiger partial charge in [-0.1, -0.05) is 17.3 Å². The third-order valence-corrected chi connectivity index (χ3v) is 4.70. The molecule has 1 heterocycles. The van der Waals surface area contributed by atoms with E-state index in [4.69, 9.17) is 18.7 Å². The third kappa shape index (κ3) is 5.22. The fourth-order valence-corrected chi connectivity index (χ4v) is 2.86.